The lowest BCUT2D eigenvalue weighted by Crippen LogP contribution is -2.38. The first-order valence-corrected chi connectivity index (χ1v) is 10.4. The van der Waals surface area contributed by atoms with Gasteiger partial charge in [0.15, 0.2) is 0 Å². The Morgan fingerprint density at radius 2 is 2.16 bits per heavy atom. The average Bonchev–Trinajstić information content (AvgIpc) is 3.41. The molecule has 1 unspecified atom stereocenters. The molecule has 5 rings (SSSR count). The van der Waals surface area contributed by atoms with Crippen LogP contribution in [0.4, 0.5) is 0 Å². The van der Waals surface area contributed by atoms with Gasteiger partial charge >= 0.3 is 5.97 Å². The number of ether oxygens (including phenoxy) is 2. The highest BCUT2D eigenvalue weighted by atomic mass is 16.5. The minimum Gasteiger partial charge on any atom is -0.457 e. The van der Waals surface area contributed by atoms with Crippen LogP contribution in [-0.4, -0.2) is 45.7 Å². The minimum atomic E-state index is -0.264. The van der Waals surface area contributed by atoms with Gasteiger partial charge in [-0.15, -0.1) is 10.2 Å². The summed E-state index contributed by atoms with van der Waals surface area (Å²) in [7, 11) is 0. The number of aromatic nitrogens is 3. The van der Waals surface area contributed by atoms with E-state index in [0.29, 0.717) is 54.9 Å². The third-order valence-electron chi connectivity index (χ3n) is 5.98. The molecule has 162 valence electrons. The number of benzene rings is 1. The Bertz CT molecular complexity index is 1250. The van der Waals surface area contributed by atoms with E-state index in [-0.39, 0.29) is 12.1 Å². The number of pyridine rings is 1. The number of hydrogen-bond acceptors (Lipinski definition) is 9. The van der Waals surface area contributed by atoms with Crippen LogP contribution in [0.2, 0.25) is 0 Å². The number of esters is 1. The Balaban J connectivity index is 1.30. The van der Waals surface area contributed by atoms with E-state index < -0.39 is 0 Å². The number of aryl methyl sites for hydroxylation is 1. The van der Waals surface area contributed by atoms with Gasteiger partial charge in [-0.2, -0.15) is 5.26 Å². The van der Waals surface area contributed by atoms with Crippen LogP contribution in [0.3, 0.4) is 0 Å². The fraction of sp³-hybridized carbons (Fsp3) is 0.348. The van der Waals surface area contributed by atoms with Crippen LogP contribution in [0.15, 0.2) is 28.8 Å². The Morgan fingerprint density at radius 1 is 1.28 bits per heavy atom. The smallest absolute Gasteiger partial charge is 0.338 e. The molecule has 0 N–H and O–H groups in total. The van der Waals surface area contributed by atoms with Crippen molar-refractivity contribution >= 4 is 5.97 Å². The summed E-state index contributed by atoms with van der Waals surface area (Å²) in [5.41, 5.74) is 5.57. The third-order valence-corrected chi connectivity index (χ3v) is 5.98. The summed E-state index contributed by atoms with van der Waals surface area (Å²) in [5, 5.41) is 17.4. The summed E-state index contributed by atoms with van der Waals surface area (Å²) in [5.74, 6) is 0.561. The maximum absolute atomic E-state index is 11.8. The lowest BCUT2D eigenvalue weighted by atomic mass is 9.94. The van der Waals surface area contributed by atoms with Crippen LogP contribution in [-0.2, 0) is 22.6 Å². The lowest BCUT2D eigenvalue weighted by Gasteiger charge is -2.33. The first kappa shape index (κ1) is 20.3. The molecule has 2 aromatic heterocycles. The van der Waals surface area contributed by atoms with Crippen LogP contribution < -0.4 is 0 Å². The summed E-state index contributed by atoms with van der Waals surface area (Å²) in [4.78, 5) is 18.3. The molecule has 1 aromatic carbocycles. The number of carbonyl (C=O) groups is 1. The Hall–Kier alpha value is -3.61. The first-order valence-electron chi connectivity index (χ1n) is 10.4. The summed E-state index contributed by atoms with van der Waals surface area (Å²) in [6.45, 7) is 6.65. The molecular formula is C23H21N5O4. The highest BCUT2D eigenvalue weighted by molar-refractivity contribution is 5.93. The Kier molecular flexibility index (Phi) is 5.17. The molecular weight excluding hydrogens is 410 g/mol. The van der Waals surface area contributed by atoms with Gasteiger partial charge in [0.05, 0.1) is 30.4 Å². The van der Waals surface area contributed by atoms with Crippen molar-refractivity contribution in [1.29, 1.82) is 5.26 Å². The van der Waals surface area contributed by atoms with E-state index in [1.54, 1.807) is 6.07 Å². The molecule has 1 fully saturated rings. The van der Waals surface area contributed by atoms with Gasteiger partial charge < -0.3 is 13.9 Å². The fourth-order valence-electron chi connectivity index (χ4n) is 4.15. The number of nitrogens with zero attached hydrogens (tertiary/aromatic N) is 5. The number of hydrogen-bond donors (Lipinski definition) is 0. The van der Waals surface area contributed by atoms with E-state index in [1.165, 1.54) is 6.20 Å². The maximum Gasteiger partial charge on any atom is 0.338 e. The second-order valence-corrected chi connectivity index (χ2v) is 7.97. The maximum atomic E-state index is 11.8. The van der Waals surface area contributed by atoms with Crippen molar-refractivity contribution in [2.45, 2.75) is 33.1 Å². The molecule has 2 aliphatic rings. The predicted octanol–water partition coefficient (Wildman–Crippen LogP) is 2.86. The molecule has 0 radical (unpaired) electrons. The largest absolute Gasteiger partial charge is 0.457 e. The van der Waals surface area contributed by atoms with Gasteiger partial charge in [0.1, 0.15) is 18.4 Å². The van der Waals surface area contributed by atoms with E-state index >= 15 is 0 Å². The van der Waals surface area contributed by atoms with Crippen molar-refractivity contribution in [3.63, 3.8) is 0 Å². The van der Waals surface area contributed by atoms with Gasteiger partial charge in [0, 0.05) is 24.8 Å². The van der Waals surface area contributed by atoms with Crippen molar-refractivity contribution < 1.29 is 18.7 Å². The molecule has 0 aliphatic carbocycles. The number of cyclic esters (lactones) is 1. The van der Waals surface area contributed by atoms with Crippen molar-refractivity contribution in [3.8, 4) is 17.7 Å². The molecule has 0 spiro atoms. The Morgan fingerprint density at radius 3 is 2.97 bits per heavy atom. The van der Waals surface area contributed by atoms with Crippen molar-refractivity contribution in [3.05, 3.63) is 63.7 Å². The molecule has 9 nitrogen and oxygen atoms in total. The zero-order valence-electron chi connectivity index (χ0n) is 17.8. The molecule has 0 amide bonds. The number of fused-ring (bicyclic) bond motifs is 1. The molecule has 2 aliphatic heterocycles. The summed E-state index contributed by atoms with van der Waals surface area (Å²) < 4.78 is 17.0. The van der Waals surface area contributed by atoms with E-state index in [4.69, 9.17) is 19.2 Å². The monoisotopic (exact) mass is 431 g/mol. The molecule has 0 bridgehead atoms. The van der Waals surface area contributed by atoms with Gasteiger partial charge in [0.2, 0.25) is 5.89 Å². The second-order valence-electron chi connectivity index (χ2n) is 7.97. The molecule has 9 heteroatoms. The van der Waals surface area contributed by atoms with Crippen molar-refractivity contribution in [2.75, 3.05) is 19.7 Å². The number of morpholine rings is 1. The number of carbonyl (C=O) groups excluding carboxylic acids is 1. The Labute approximate surface area is 184 Å². The van der Waals surface area contributed by atoms with Gasteiger partial charge in [-0.3, -0.25) is 4.90 Å². The predicted molar refractivity (Wildman–Crippen MR) is 111 cm³/mol. The van der Waals surface area contributed by atoms with Crippen LogP contribution in [0.1, 0.15) is 50.2 Å². The number of nitriles is 1. The topological polar surface area (TPSA) is 114 Å². The van der Waals surface area contributed by atoms with E-state index in [2.05, 4.69) is 26.2 Å². The van der Waals surface area contributed by atoms with E-state index in [0.717, 1.165) is 28.8 Å². The number of rotatable bonds is 4. The van der Waals surface area contributed by atoms with Gasteiger partial charge in [-0.05, 0) is 42.7 Å². The van der Waals surface area contributed by atoms with E-state index in [1.807, 2.05) is 26.0 Å². The van der Waals surface area contributed by atoms with Crippen LogP contribution in [0.25, 0.3) is 11.6 Å². The van der Waals surface area contributed by atoms with Crippen LogP contribution in [0, 0.1) is 25.2 Å². The molecule has 4 heterocycles. The highest BCUT2D eigenvalue weighted by Gasteiger charge is 2.29. The fourth-order valence-corrected chi connectivity index (χ4v) is 4.15. The molecule has 1 saturated heterocycles. The highest BCUT2D eigenvalue weighted by Crippen LogP contribution is 2.32. The summed E-state index contributed by atoms with van der Waals surface area (Å²) >= 11 is 0. The van der Waals surface area contributed by atoms with Crippen molar-refractivity contribution in [2.24, 2.45) is 0 Å². The summed E-state index contributed by atoms with van der Waals surface area (Å²) in [6.07, 6.45) is 1.40. The van der Waals surface area contributed by atoms with Crippen molar-refractivity contribution in [1.82, 2.24) is 20.1 Å². The van der Waals surface area contributed by atoms with Gasteiger partial charge in [-0.25, -0.2) is 9.78 Å². The second kappa shape index (κ2) is 8.15. The lowest BCUT2D eigenvalue weighted by molar-refractivity contribution is -0.0354. The van der Waals surface area contributed by atoms with Gasteiger partial charge in [-0.1, -0.05) is 6.07 Å². The molecule has 0 saturated carbocycles. The minimum absolute atomic E-state index is 0.116. The van der Waals surface area contributed by atoms with Gasteiger partial charge in [0.25, 0.3) is 5.89 Å². The SMILES string of the molecule is Cc1cc(-c2nnc(CN3CCOC(c4ccc5c(c4C)COC5=O)C3)o2)ncc1C#N. The summed E-state index contributed by atoms with van der Waals surface area (Å²) in [6, 6.07) is 7.65. The van der Waals surface area contributed by atoms with E-state index in [9.17, 15) is 4.79 Å². The first-order chi connectivity index (χ1) is 15.5. The quantitative estimate of drug-likeness (QED) is 0.575. The zero-order chi connectivity index (χ0) is 22.2. The normalized spacial score (nSPS) is 18.3. The standard InChI is InChI=1S/C23H21N5O4/c1-13-7-19(25-9-15(13)8-24)22-27-26-21(32-22)11-28-5-6-30-20(10-28)16-3-4-17-18(14(16)2)12-31-23(17)29/h3-4,7,9,20H,5-6,10-12H2,1-2H3. The zero-order valence-corrected chi connectivity index (χ0v) is 17.8. The molecule has 3 aromatic rings. The van der Waals surface area contributed by atoms with Crippen LogP contribution in [0.5, 0.6) is 0 Å². The molecule has 1 atom stereocenters. The average molecular weight is 431 g/mol. The third kappa shape index (κ3) is 3.64. The van der Waals surface area contributed by atoms with Crippen LogP contribution >= 0.6 is 0 Å². The molecule has 32 heavy (non-hydrogen) atoms.